The van der Waals surface area contributed by atoms with E-state index in [1.165, 1.54) is 18.2 Å². The lowest BCUT2D eigenvalue weighted by Gasteiger charge is -2.10. The van der Waals surface area contributed by atoms with Crippen molar-refractivity contribution in [3.8, 4) is 0 Å². The SMILES string of the molecule is CC(CN)CNC(=O)c1cc(Cl)ccc1F.Cl. The minimum Gasteiger partial charge on any atom is -0.352 e. The maximum atomic E-state index is 13.3. The molecule has 6 heteroatoms. The van der Waals surface area contributed by atoms with Gasteiger partial charge in [-0.05, 0) is 30.7 Å². The number of nitrogens with one attached hydrogen (secondary N) is 1. The van der Waals surface area contributed by atoms with E-state index in [4.69, 9.17) is 17.3 Å². The fourth-order valence-electron chi connectivity index (χ4n) is 1.12. The molecule has 96 valence electrons. The highest BCUT2D eigenvalue weighted by molar-refractivity contribution is 6.30. The maximum absolute atomic E-state index is 13.3. The van der Waals surface area contributed by atoms with Gasteiger partial charge in [-0.15, -0.1) is 12.4 Å². The number of carbonyl (C=O) groups excluding carboxylic acids is 1. The summed E-state index contributed by atoms with van der Waals surface area (Å²) in [5, 5.41) is 2.93. The lowest BCUT2D eigenvalue weighted by atomic mass is 10.1. The zero-order valence-electron chi connectivity index (χ0n) is 9.37. The third-order valence-corrected chi connectivity index (χ3v) is 2.42. The molecule has 3 nitrogen and oxygen atoms in total. The normalized spacial score (nSPS) is 11.5. The number of benzene rings is 1. The number of hydrogen-bond acceptors (Lipinski definition) is 2. The molecule has 1 amide bonds. The van der Waals surface area contributed by atoms with Gasteiger partial charge in [-0.1, -0.05) is 18.5 Å². The Labute approximate surface area is 111 Å². The Morgan fingerprint density at radius 1 is 1.59 bits per heavy atom. The van der Waals surface area contributed by atoms with E-state index < -0.39 is 11.7 Å². The summed E-state index contributed by atoms with van der Waals surface area (Å²) in [6, 6.07) is 3.87. The summed E-state index contributed by atoms with van der Waals surface area (Å²) in [6.45, 7) is 2.79. The largest absolute Gasteiger partial charge is 0.352 e. The summed E-state index contributed by atoms with van der Waals surface area (Å²) in [4.78, 5) is 11.6. The standard InChI is InChI=1S/C11H14ClFN2O.ClH/c1-7(5-14)6-15-11(16)9-4-8(12)2-3-10(9)13;/h2-4,7H,5-6,14H2,1H3,(H,15,16);1H. The second kappa shape index (κ2) is 7.48. The molecule has 0 aliphatic rings. The molecule has 0 spiro atoms. The van der Waals surface area contributed by atoms with Crippen molar-refractivity contribution in [2.24, 2.45) is 11.7 Å². The quantitative estimate of drug-likeness (QED) is 0.889. The van der Waals surface area contributed by atoms with Crippen molar-refractivity contribution in [3.05, 3.63) is 34.6 Å². The van der Waals surface area contributed by atoms with Gasteiger partial charge in [-0.3, -0.25) is 4.79 Å². The third-order valence-electron chi connectivity index (χ3n) is 2.19. The fourth-order valence-corrected chi connectivity index (χ4v) is 1.29. The summed E-state index contributed by atoms with van der Waals surface area (Å²) >= 11 is 5.68. The molecule has 1 rings (SSSR count). The molecule has 0 saturated heterocycles. The molecule has 0 heterocycles. The molecule has 0 saturated carbocycles. The van der Waals surface area contributed by atoms with Crippen molar-refractivity contribution in [1.82, 2.24) is 5.32 Å². The zero-order chi connectivity index (χ0) is 12.1. The van der Waals surface area contributed by atoms with Crippen molar-refractivity contribution >= 4 is 29.9 Å². The van der Waals surface area contributed by atoms with Gasteiger partial charge < -0.3 is 11.1 Å². The van der Waals surface area contributed by atoms with Gasteiger partial charge >= 0.3 is 0 Å². The molecule has 1 aromatic carbocycles. The van der Waals surface area contributed by atoms with Gasteiger partial charge in [0.2, 0.25) is 0 Å². The van der Waals surface area contributed by atoms with Gasteiger partial charge in [-0.25, -0.2) is 4.39 Å². The van der Waals surface area contributed by atoms with E-state index >= 15 is 0 Å². The molecule has 1 unspecified atom stereocenters. The second-order valence-electron chi connectivity index (χ2n) is 3.68. The van der Waals surface area contributed by atoms with Gasteiger partial charge in [0.05, 0.1) is 5.56 Å². The van der Waals surface area contributed by atoms with E-state index in [1.807, 2.05) is 6.92 Å². The van der Waals surface area contributed by atoms with E-state index in [0.29, 0.717) is 18.1 Å². The lowest BCUT2D eigenvalue weighted by Crippen LogP contribution is -2.31. The summed E-state index contributed by atoms with van der Waals surface area (Å²) < 4.78 is 13.3. The van der Waals surface area contributed by atoms with E-state index in [9.17, 15) is 9.18 Å². The molecular weight excluding hydrogens is 266 g/mol. The number of rotatable bonds is 4. The predicted molar refractivity (Wildman–Crippen MR) is 69.2 cm³/mol. The summed E-state index contributed by atoms with van der Waals surface area (Å²) in [5.74, 6) is -0.895. The van der Waals surface area contributed by atoms with Gasteiger partial charge in [0.25, 0.3) is 5.91 Å². The topological polar surface area (TPSA) is 55.1 Å². The Bertz CT molecular complexity index is 388. The van der Waals surface area contributed by atoms with Crippen LogP contribution in [0.25, 0.3) is 0 Å². The van der Waals surface area contributed by atoms with Crippen LogP contribution in [0.4, 0.5) is 4.39 Å². The molecular formula is C11H15Cl2FN2O. The van der Waals surface area contributed by atoms with E-state index in [1.54, 1.807) is 0 Å². The van der Waals surface area contributed by atoms with Gasteiger partial charge in [0.15, 0.2) is 0 Å². The van der Waals surface area contributed by atoms with Gasteiger partial charge in [0, 0.05) is 11.6 Å². The number of carbonyl (C=O) groups is 1. The molecule has 3 N–H and O–H groups in total. The van der Waals surface area contributed by atoms with Gasteiger partial charge in [0.1, 0.15) is 5.82 Å². The van der Waals surface area contributed by atoms with Crippen molar-refractivity contribution in [1.29, 1.82) is 0 Å². The first-order chi connectivity index (χ1) is 7.54. The number of nitrogens with two attached hydrogens (primary N) is 1. The summed E-state index contributed by atoms with van der Waals surface area (Å²) in [6.07, 6.45) is 0. The average Bonchev–Trinajstić information content (AvgIpc) is 2.28. The van der Waals surface area contributed by atoms with Crippen LogP contribution in [0.3, 0.4) is 0 Å². The maximum Gasteiger partial charge on any atom is 0.254 e. The minimum absolute atomic E-state index is 0. The Hall–Kier alpha value is -0.840. The number of halogens is 3. The van der Waals surface area contributed by atoms with E-state index in [2.05, 4.69) is 5.32 Å². The van der Waals surface area contributed by atoms with Crippen LogP contribution in [0.1, 0.15) is 17.3 Å². The van der Waals surface area contributed by atoms with Crippen LogP contribution in [0.15, 0.2) is 18.2 Å². The zero-order valence-corrected chi connectivity index (χ0v) is 10.9. The smallest absolute Gasteiger partial charge is 0.254 e. The molecule has 0 fully saturated rings. The van der Waals surface area contributed by atoms with Crippen LogP contribution in [0.5, 0.6) is 0 Å². The molecule has 1 aromatic rings. The predicted octanol–water partition coefficient (Wildman–Crippen LogP) is 2.23. The molecule has 0 bridgehead atoms. The van der Waals surface area contributed by atoms with Crippen molar-refractivity contribution in [2.75, 3.05) is 13.1 Å². The molecule has 0 aliphatic heterocycles. The third kappa shape index (κ3) is 4.89. The molecule has 0 aromatic heterocycles. The summed E-state index contributed by atoms with van der Waals surface area (Å²) in [5.41, 5.74) is 5.36. The molecule has 0 radical (unpaired) electrons. The van der Waals surface area contributed by atoms with Crippen molar-refractivity contribution in [2.45, 2.75) is 6.92 Å². The number of hydrogen-bond donors (Lipinski definition) is 2. The van der Waals surface area contributed by atoms with Crippen molar-refractivity contribution < 1.29 is 9.18 Å². The Balaban J connectivity index is 0.00000256. The van der Waals surface area contributed by atoms with Gasteiger partial charge in [-0.2, -0.15) is 0 Å². The first kappa shape index (κ1) is 16.2. The van der Waals surface area contributed by atoms with Crippen LogP contribution >= 0.6 is 24.0 Å². The van der Waals surface area contributed by atoms with Crippen molar-refractivity contribution in [3.63, 3.8) is 0 Å². The fraction of sp³-hybridized carbons (Fsp3) is 0.364. The molecule has 0 aliphatic carbocycles. The Kier molecular flexibility index (Phi) is 7.11. The van der Waals surface area contributed by atoms with E-state index in [0.717, 1.165) is 0 Å². The molecule has 1 atom stereocenters. The summed E-state index contributed by atoms with van der Waals surface area (Å²) in [7, 11) is 0. The molecule has 17 heavy (non-hydrogen) atoms. The second-order valence-corrected chi connectivity index (χ2v) is 4.11. The van der Waals surface area contributed by atoms with Crippen LogP contribution in [-0.4, -0.2) is 19.0 Å². The highest BCUT2D eigenvalue weighted by Gasteiger charge is 2.12. The van der Waals surface area contributed by atoms with Crippen LogP contribution < -0.4 is 11.1 Å². The lowest BCUT2D eigenvalue weighted by molar-refractivity contribution is 0.0944. The minimum atomic E-state index is -0.581. The monoisotopic (exact) mass is 280 g/mol. The number of amides is 1. The average molecular weight is 281 g/mol. The highest BCUT2D eigenvalue weighted by Crippen LogP contribution is 2.14. The highest BCUT2D eigenvalue weighted by atomic mass is 35.5. The Morgan fingerprint density at radius 3 is 2.82 bits per heavy atom. The van der Waals surface area contributed by atoms with Crippen LogP contribution in [-0.2, 0) is 0 Å². The Morgan fingerprint density at radius 2 is 2.24 bits per heavy atom. The van der Waals surface area contributed by atoms with E-state index in [-0.39, 0.29) is 23.9 Å². The van der Waals surface area contributed by atoms with Crippen LogP contribution in [0.2, 0.25) is 5.02 Å². The first-order valence-corrected chi connectivity index (χ1v) is 5.35. The van der Waals surface area contributed by atoms with Crippen LogP contribution in [0, 0.1) is 11.7 Å². The first-order valence-electron chi connectivity index (χ1n) is 4.98.